The topological polar surface area (TPSA) is 29.5 Å². The fraction of sp³-hybridized carbons (Fsp3) is 0.571. The van der Waals surface area contributed by atoms with E-state index >= 15 is 0 Å². The fourth-order valence-corrected chi connectivity index (χ4v) is 2.40. The van der Waals surface area contributed by atoms with Crippen LogP contribution in [-0.4, -0.2) is 24.4 Å². The van der Waals surface area contributed by atoms with Gasteiger partial charge in [0.15, 0.2) is 0 Å². The fourth-order valence-electron chi connectivity index (χ4n) is 2.40. The zero-order valence-corrected chi connectivity index (χ0v) is 10.1. The third kappa shape index (κ3) is 2.45. The molecule has 1 aromatic carbocycles. The molecule has 2 atom stereocenters. The number of hydrogen-bond acceptors (Lipinski definition) is 2. The van der Waals surface area contributed by atoms with Crippen LogP contribution >= 0.6 is 0 Å². The van der Waals surface area contributed by atoms with Gasteiger partial charge in [-0.05, 0) is 43.4 Å². The van der Waals surface area contributed by atoms with Crippen LogP contribution in [-0.2, 0) is 11.2 Å². The van der Waals surface area contributed by atoms with Gasteiger partial charge in [0, 0.05) is 12.5 Å². The van der Waals surface area contributed by atoms with Gasteiger partial charge in [0.1, 0.15) is 0 Å². The quantitative estimate of drug-likeness (QED) is 0.846. The summed E-state index contributed by atoms with van der Waals surface area (Å²) in [6.07, 6.45) is 1.49. The molecule has 2 nitrogen and oxygen atoms in total. The highest BCUT2D eigenvalue weighted by atomic mass is 16.5. The molecule has 88 valence electrons. The number of ether oxygens (including phenoxy) is 1. The van der Waals surface area contributed by atoms with Gasteiger partial charge in [-0.2, -0.15) is 0 Å². The maximum absolute atomic E-state index is 10.2. The average molecular weight is 220 g/mol. The van der Waals surface area contributed by atoms with E-state index in [2.05, 4.69) is 32.0 Å². The van der Waals surface area contributed by atoms with Gasteiger partial charge in [-0.15, -0.1) is 0 Å². The van der Waals surface area contributed by atoms with Crippen LogP contribution in [0.5, 0.6) is 0 Å². The molecule has 1 heterocycles. The van der Waals surface area contributed by atoms with Crippen molar-refractivity contribution < 1.29 is 9.84 Å². The molecule has 0 spiro atoms. The lowest BCUT2D eigenvalue weighted by Crippen LogP contribution is -2.23. The molecule has 2 heteroatoms. The molecule has 16 heavy (non-hydrogen) atoms. The van der Waals surface area contributed by atoms with Crippen molar-refractivity contribution in [3.8, 4) is 0 Å². The van der Waals surface area contributed by atoms with Crippen LogP contribution in [0.25, 0.3) is 0 Å². The van der Waals surface area contributed by atoms with E-state index in [-0.39, 0.29) is 6.10 Å². The summed E-state index contributed by atoms with van der Waals surface area (Å²) in [6, 6.07) is 6.29. The van der Waals surface area contributed by atoms with Crippen molar-refractivity contribution in [3.63, 3.8) is 0 Å². The number of benzene rings is 1. The van der Waals surface area contributed by atoms with Gasteiger partial charge in [-0.25, -0.2) is 0 Å². The molecule has 1 aromatic rings. The number of aliphatic hydroxyl groups excluding tert-OH is 1. The first-order valence-corrected chi connectivity index (χ1v) is 5.99. The molecule has 0 saturated carbocycles. The SMILES string of the molecule is Cc1cccc(C)c1CC(O)C1CCOC1. The van der Waals surface area contributed by atoms with E-state index in [1.807, 2.05) is 0 Å². The average Bonchev–Trinajstić information content (AvgIpc) is 2.76. The second-order valence-corrected chi connectivity index (χ2v) is 4.77. The number of rotatable bonds is 3. The van der Waals surface area contributed by atoms with Crippen molar-refractivity contribution in [3.05, 3.63) is 34.9 Å². The first kappa shape index (κ1) is 11.6. The molecule has 0 aliphatic carbocycles. The van der Waals surface area contributed by atoms with Crippen molar-refractivity contribution in [2.24, 2.45) is 5.92 Å². The summed E-state index contributed by atoms with van der Waals surface area (Å²) in [6.45, 7) is 5.74. The third-order valence-electron chi connectivity index (χ3n) is 3.57. The molecule has 2 unspecified atom stereocenters. The highest BCUT2D eigenvalue weighted by Crippen LogP contribution is 2.22. The Kier molecular flexibility index (Phi) is 3.62. The second kappa shape index (κ2) is 4.98. The molecule has 2 rings (SSSR count). The van der Waals surface area contributed by atoms with Crippen molar-refractivity contribution in [1.29, 1.82) is 0 Å². The molecule has 0 bridgehead atoms. The standard InChI is InChI=1S/C14H20O2/c1-10-4-3-5-11(2)13(10)8-14(15)12-6-7-16-9-12/h3-5,12,14-15H,6-9H2,1-2H3. The molecule has 1 aliphatic rings. The van der Waals surface area contributed by atoms with Gasteiger partial charge < -0.3 is 9.84 Å². The van der Waals surface area contributed by atoms with Crippen molar-refractivity contribution in [1.82, 2.24) is 0 Å². The first-order valence-electron chi connectivity index (χ1n) is 5.99. The van der Waals surface area contributed by atoms with Crippen LogP contribution in [0.3, 0.4) is 0 Å². The van der Waals surface area contributed by atoms with E-state index in [0.717, 1.165) is 19.4 Å². The molecule has 1 aliphatic heterocycles. The minimum Gasteiger partial charge on any atom is -0.392 e. The Hall–Kier alpha value is -0.860. The maximum Gasteiger partial charge on any atom is 0.0631 e. The van der Waals surface area contributed by atoms with Crippen LogP contribution in [0.4, 0.5) is 0 Å². The Morgan fingerprint density at radius 1 is 1.38 bits per heavy atom. The summed E-state index contributed by atoms with van der Waals surface area (Å²) in [7, 11) is 0. The van der Waals surface area contributed by atoms with Crippen molar-refractivity contribution >= 4 is 0 Å². The van der Waals surface area contributed by atoms with E-state index in [9.17, 15) is 5.11 Å². The molecule has 1 N–H and O–H groups in total. The number of hydrogen-bond donors (Lipinski definition) is 1. The summed E-state index contributed by atoms with van der Waals surface area (Å²) in [4.78, 5) is 0. The van der Waals surface area contributed by atoms with Crippen LogP contribution in [0.1, 0.15) is 23.1 Å². The van der Waals surface area contributed by atoms with E-state index in [4.69, 9.17) is 4.74 Å². The Morgan fingerprint density at radius 3 is 2.62 bits per heavy atom. The predicted molar refractivity (Wildman–Crippen MR) is 64.6 cm³/mol. The zero-order valence-electron chi connectivity index (χ0n) is 10.1. The predicted octanol–water partition coefficient (Wildman–Crippen LogP) is 2.24. The lowest BCUT2D eigenvalue weighted by Gasteiger charge is -2.19. The number of aryl methyl sites for hydroxylation is 2. The van der Waals surface area contributed by atoms with Crippen LogP contribution < -0.4 is 0 Å². The third-order valence-corrected chi connectivity index (χ3v) is 3.57. The summed E-state index contributed by atoms with van der Waals surface area (Å²) in [5.41, 5.74) is 3.85. The van der Waals surface area contributed by atoms with Gasteiger partial charge in [0.05, 0.1) is 12.7 Å². The van der Waals surface area contributed by atoms with Crippen LogP contribution in [0, 0.1) is 19.8 Å². The summed E-state index contributed by atoms with van der Waals surface area (Å²) in [5, 5.41) is 10.2. The molecule has 0 aromatic heterocycles. The monoisotopic (exact) mass is 220 g/mol. The second-order valence-electron chi connectivity index (χ2n) is 4.77. The van der Waals surface area contributed by atoms with Crippen molar-refractivity contribution in [2.45, 2.75) is 32.8 Å². The highest BCUT2D eigenvalue weighted by Gasteiger charge is 2.24. The van der Waals surface area contributed by atoms with Gasteiger partial charge in [-0.1, -0.05) is 18.2 Å². The molecule has 1 saturated heterocycles. The maximum atomic E-state index is 10.2. The smallest absolute Gasteiger partial charge is 0.0631 e. The number of aliphatic hydroxyl groups is 1. The molecular weight excluding hydrogens is 200 g/mol. The van der Waals surface area contributed by atoms with Gasteiger partial charge in [0.25, 0.3) is 0 Å². The lowest BCUT2D eigenvalue weighted by molar-refractivity contribution is 0.0916. The van der Waals surface area contributed by atoms with Gasteiger partial charge in [-0.3, -0.25) is 0 Å². The minimum atomic E-state index is -0.262. The zero-order chi connectivity index (χ0) is 11.5. The molecule has 1 fully saturated rings. The molecule has 0 radical (unpaired) electrons. The van der Waals surface area contributed by atoms with E-state index < -0.39 is 0 Å². The van der Waals surface area contributed by atoms with E-state index in [0.29, 0.717) is 12.5 Å². The largest absolute Gasteiger partial charge is 0.392 e. The van der Waals surface area contributed by atoms with Gasteiger partial charge in [0.2, 0.25) is 0 Å². The summed E-state index contributed by atoms with van der Waals surface area (Å²) < 4.78 is 5.32. The van der Waals surface area contributed by atoms with E-state index in [1.54, 1.807) is 0 Å². The Balaban J connectivity index is 2.07. The molecular formula is C14H20O2. The van der Waals surface area contributed by atoms with Crippen LogP contribution in [0.15, 0.2) is 18.2 Å². The van der Waals surface area contributed by atoms with Gasteiger partial charge >= 0.3 is 0 Å². The summed E-state index contributed by atoms with van der Waals surface area (Å²) >= 11 is 0. The Morgan fingerprint density at radius 2 is 2.06 bits per heavy atom. The Bertz CT molecular complexity index is 334. The lowest BCUT2D eigenvalue weighted by atomic mass is 9.91. The molecule has 0 amide bonds. The van der Waals surface area contributed by atoms with Crippen LogP contribution in [0.2, 0.25) is 0 Å². The first-order chi connectivity index (χ1) is 7.68. The minimum absolute atomic E-state index is 0.262. The summed E-state index contributed by atoms with van der Waals surface area (Å²) in [5.74, 6) is 0.319. The highest BCUT2D eigenvalue weighted by molar-refractivity contribution is 5.34. The van der Waals surface area contributed by atoms with Crippen molar-refractivity contribution in [2.75, 3.05) is 13.2 Å². The van der Waals surface area contributed by atoms with E-state index in [1.165, 1.54) is 16.7 Å². The Labute approximate surface area is 97.3 Å². The normalized spacial score (nSPS) is 22.3.